The molecule has 3 N–H and O–H groups in total. The summed E-state index contributed by atoms with van der Waals surface area (Å²) < 4.78 is 13.8. The van der Waals surface area contributed by atoms with E-state index in [4.69, 9.17) is 0 Å². The van der Waals surface area contributed by atoms with E-state index in [-0.39, 0.29) is 17.6 Å². The zero-order valence-electron chi connectivity index (χ0n) is 14.1. The van der Waals surface area contributed by atoms with E-state index < -0.39 is 6.03 Å². The Hall–Kier alpha value is -2.64. The number of halogens is 1. The standard InChI is InChI=1S/C17H22FN5O2/c1-11-15(16(24)22-21-11)4-5-19-17(25)20-13-8-12(18)9-14(10-13)23-6-2-3-7-23/h8-10,15H,2-7H2,1H3,(H,22,24)(H2,19,20,25). The number of hydrogen-bond donors (Lipinski definition) is 3. The number of urea groups is 1. The van der Waals surface area contributed by atoms with Crippen LogP contribution in [0.25, 0.3) is 0 Å². The summed E-state index contributed by atoms with van der Waals surface area (Å²) in [6, 6.07) is 4.12. The fraction of sp³-hybridized carbons (Fsp3) is 0.471. The quantitative estimate of drug-likeness (QED) is 0.762. The van der Waals surface area contributed by atoms with Crippen molar-refractivity contribution in [2.45, 2.75) is 26.2 Å². The molecule has 0 aromatic heterocycles. The van der Waals surface area contributed by atoms with Crippen LogP contribution in [0.15, 0.2) is 23.3 Å². The maximum atomic E-state index is 13.8. The lowest BCUT2D eigenvalue weighted by Crippen LogP contribution is -2.33. The lowest BCUT2D eigenvalue weighted by Gasteiger charge is -2.19. The molecule has 134 valence electrons. The highest BCUT2D eigenvalue weighted by Crippen LogP contribution is 2.25. The second-order valence-corrected chi connectivity index (χ2v) is 6.34. The minimum Gasteiger partial charge on any atom is -0.371 e. The number of hydrogen-bond acceptors (Lipinski definition) is 4. The average molecular weight is 347 g/mol. The maximum absolute atomic E-state index is 13.8. The van der Waals surface area contributed by atoms with E-state index in [2.05, 4.69) is 26.1 Å². The van der Waals surface area contributed by atoms with E-state index in [1.54, 1.807) is 13.0 Å². The summed E-state index contributed by atoms with van der Waals surface area (Å²) in [7, 11) is 0. The highest BCUT2D eigenvalue weighted by atomic mass is 19.1. The lowest BCUT2D eigenvalue weighted by atomic mass is 10.0. The van der Waals surface area contributed by atoms with Crippen molar-refractivity contribution in [3.05, 3.63) is 24.0 Å². The third-order valence-electron chi connectivity index (χ3n) is 4.49. The molecule has 25 heavy (non-hydrogen) atoms. The van der Waals surface area contributed by atoms with Gasteiger partial charge in [0.15, 0.2) is 0 Å². The molecule has 8 heteroatoms. The summed E-state index contributed by atoms with van der Waals surface area (Å²) in [5, 5.41) is 9.20. The van der Waals surface area contributed by atoms with Crippen molar-refractivity contribution < 1.29 is 14.0 Å². The molecule has 7 nitrogen and oxygen atoms in total. The number of carbonyl (C=O) groups excluding carboxylic acids is 2. The highest BCUT2D eigenvalue weighted by molar-refractivity contribution is 6.06. The zero-order valence-corrected chi connectivity index (χ0v) is 14.1. The van der Waals surface area contributed by atoms with Crippen LogP contribution < -0.4 is 21.0 Å². The number of nitrogens with one attached hydrogen (secondary N) is 3. The van der Waals surface area contributed by atoms with Crippen molar-refractivity contribution in [2.24, 2.45) is 11.0 Å². The number of rotatable bonds is 5. The summed E-state index contributed by atoms with van der Waals surface area (Å²) in [4.78, 5) is 25.7. The molecule has 0 saturated carbocycles. The van der Waals surface area contributed by atoms with Crippen LogP contribution in [-0.4, -0.2) is 37.3 Å². The van der Waals surface area contributed by atoms with Gasteiger partial charge in [0.05, 0.1) is 5.92 Å². The first-order valence-electron chi connectivity index (χ1n) is 8.47. The van der Waals surface area contributed by atoms with Gasteiger partial charge in [-0.15, -0.1) is 0 Å². The van der Waals surface area contributed by atoms with Gasteiger partial charge in [0.25, 0.3) is 0 Å². The number of anilines is 2. The van der Waals surface area contributed by atoms with Crippen molar-refractivity contribution in [2.75, 3.05) is 29.9 Å². The monoisotopic (exact) mass is 347 g/mol. The minimum absolute atomic E-state index is 0.153. The molecule has 2 heterocycles. The van der Waals surface area contributed by atoms with Gasteiger partial charge in [0.2, 0.25) is 5.91 Å². The van der Waals surface area contributed by atoms with E-state index in [1.165, 1.54) is 12.1 Å². The zero-order chi connectivity index (χ0) is 17.8. The molecule has 1 saturated heterocycles. The topological polar surface area (TPSA) is 85.8 Å². The SMILES string of the molecule is CC1=NNC(=O)C1CCNC(=O)Nc1cc(F)cc(N2CCCC2)c1. The molecule has 2 aliphatic heterocycles. The van der Waals surface area contributed by atoms with E-state index in [0.717, 1.165) is 31.6 Å². The van der Waals surface area contributed by atoms with Crippen LogP contribution in [0.3, 0.4) is 0 Å². The molecule has 2 aliphatic rings. The van der Waals surface area contributed by atoms with Gasteiger partial charge in [-0.05, 0) is 44.4 Å². The Labute approximate surface area is 145 Å². The molecule has 1 aromatic rings. The smallest absolute Gasteiger partial charge is 0.319 e. The van der Waals surface area contributed by atoms with Crippen LogP contribution in [0.2, 0.25) is 0 Å². The van der Waals surface area contributed by atoms with Gasteiger partial charge in [-0.1, -0.05) is 0 Å². The number of nitrogens with zero attached hydrogens (tertiary/aromatic N) is 2. The maximum Gasteiger partial charge on any atom is 0.319 e. The summed E-state index contributed by atoms with van der Waals surface area (Å²) in [6.45, 7) is 3.90. The number of benzene rings is 1. The largest absolute Gasteiger partial charge is 0.371 e. The molecule has 0 radical (unpaired) electrons. The highest BCUT2D eigenvalue weighted by Gasteiger charge is 2.26. The van der Waals surface area contributed by atoms with Gasteiger partial charge in [0, 0.05) is 36.7 Å². The summed E-state index contributed by atoms with van der Waals surface area (Å²) in [5.74, 6) is -0.842. The normalized spacial score (nSPS) is 19.6. The Bertz CT molecular complexity index is 700. The van der Waals surface area contributed by atoms with Crippen molar-refractivity contribution in [1.82, 2.24) is 10.7 Å². The first kappa shape index (κ1) is 17.2. The predicted octanol–water partition coefficient (Wildman–Crippen LogP) is 2.06. The number of carbonyl (C=O) groups is 2. The van der Waals surface area contributed by atoms with E-state index in [1.807, 2.05) is 0 Å². The van der Waals surface area contributed by atoms with Gasteiger partial charge < -0.3 is 15.5 Å². The Morgan fingerprint density at radius 2 is 2.12 bits per heavy atom. The average Bonchev–Trinajstić information content (AvgIpc) is 3.19. The van der Waals surface area contributed by atoms with Crippen LogP contribution in [0, 0.1) is 11.7 Å². The molecular formula is C17H22FN5O2. The van der Waals surface area contributed by atoms with Gasteiger partial charge in [-0.2, -0.15) is 5.10 Å². The van der Waals surface area contributed by atoms with E-state index >= 15 is 0 Å². The Kier molecular flexibility index (Phi) is 5.16. The van der Waals surface area contributed by atoms with Crippen LogP contribution in [0.4, 0.5) is 20.6 Å². The third kappa shape index (κ3) is 4.26. The predicted molar refractivity (Wildman–Crippen MR) is 94.2 cm³/mol. The molecular weight excluding hydrogens is 325 g/mol. The second-order valence-electron chi connectivity index (χ2n) is 6.34. The summed E-state index contributed by atoms with van der Waals surface area (Å²) in [5.41, 5.74) is 4.32. The lowest BCUT2D eigenvalue weighted by molar-refractivity contribution is -0.122. The summed E-state index contributed by atoms with van der Waals surface area (Å²) >= 11 is 0. The molecule has 0 spiro atoms. The molecule has 1 atom stereocenters. The Balaban J connectivity index is 1.52. The van der Waals surface area contributed by atoms with Crippen molar-refractivity contribution in [3.63, 3.8) is 0 Å². The fourth-order valence-corrected chi connectivity index (χ4v) is 3.14. The molecule has 3 rings (SSSR count). The van der Waals surface area contributed by atoms with E-state index in [9.17, 15) is 14.0 Å². The van der Waals surface area contributed by atoms with Crippen LogP contribution in [0.5, 0.6) is 0 Å². The molecule has 0 aliphatic carbocycles. The molecule has 1 fully saturated rings. The Morgan fingerprint density at radius 3 is 2.80 bits per heavy atom. The second kappa shape index (κ2) is 7.50. The first-order chi connectivity index (χ1) is 12.0. The van der Waals surface area contributed by atoms with Gasteiger partial charge in [-0.25, -0.2) is 14.6 Å². The molecule has 1 unspecified atom stereocenters. The van der Waals surface area contributed by atoms with Crippen molar-refractivity contribution >= 4 is 29.0 Å². The van der Waals surface area contributed by atoms with Gasteiger partial charge in [0.1, 0.15) is 5.82 Å². The van der Waals surface area contributed by atoms with Gasteiger partial charge >= 0.3 is 6.03 Å². The molecule has 3 amide bonds. The fourth-order valence-electron chi connectivity index (χ4n) is 3.14. The molecule has 0 bridgehead atoms. The number of hydrazone groups is 1. The third-order valence-corrected chi connectivity index (χ3v) is 4.49. The van der Waals surface area contributed by atoms with Crippen LogP contribution >= 0.6 is 0 Å². The summed E-state index contributed by atoms with van der Waals surface area (Å²) in [6.07, 6.45) is 2.66. The van der Waals surface area contributed by atoms with Crippen LogP contribution in [0.1, 0.15) is 26.2 Å². The van der Waals surface area contributed by atoms with E-state index in [0.29, 0.717) is 24.4 Å². The van der Waals surface area contributed by atoms with Crippen molar-refractivity contribution in [3.8, 4) is 0 Å². The van der Waals surface area contributed by atoms with Gasteiger partial charge in [-0.3, -0.25) is 4.79 Å². The molecule has 1 aromatic carbocycles. The Morgan fingerprint density at radius 1 is 1.36 bits per heavy atom. The number of amides is 3. The van der Waals surface area contributed by atoms with Crippen molar-refractivity contribution in [1.29, 1.82) is 0 Å². The first-order valence-corrected chi connectivity index (χ1v) is 8.47. The van der Waals surface area contributed by atoms with Crippen LogP contribution in [-0.2, 0) is 4.79 Å². The minimum atomic E-state index is -0.425.